The smallest absolute Gasteiger partial charge is 0.263 e. The number of nitrogens with one attached hydrogen (secondary N) is 2. The van der Waals surface area contributed by atoms with Gasteiger partial charge in [0.2, 0.25) is 13.6 Å². The Kier molecular flexibility index (Phi) is 4.89. The normalized spacial score (nSPS) is 13.8. The van der Waals surface area contributed by atoms with E-state index in [1.54, 1.807) is 12.1 Å². The summed E-state index contributed by atoms with van der Waals surface area (Å²) in [5, 5.41) is 15.0. The monoisotopic (exact) mass is 379 g/mol. The largest absolute Gasteiger partial charge is 0.454 e. The fourth-order valence-electron chi connectivity index (χ4n) is 2.80. The molecule has 0 aromatic heterocycles. The second kappa shape index (κ2) is 7.80. The number of carbonyl (C=O) groups is 1. The van der Waals surface area contributed by atoms with Crippen molar-refractivity contribution >= 4 is 5.91 Å². The lowest BCUT2D eigenvalue weighted by molar-refractivity contribution is -0.117. The Balaban J connectivity index is 1.31. The fourth-order valence-corrected chi connectivity index (χ4v) is 2.80. The molecular formula is C20H17N3O5. The van der Waals surface area contributed by atoms with E-state index in [1.165, 1.54) is 6.20 Å². The van der Waals surface area contributed by atoms with Crippen LogP contribution in [0, 0.1) is 11.3 Å². The molecule has 4 rings (SSSR count). The zero-order chi connectivity index (χ0) is 19.3. The van der Waals surface area contributed by atoms with E-state index in [-0.39, 0.29) is 25.7 Å². The first kappa shape index (κ1) is 17.5. The molecule has 2 aromatic rings. The van der Waals surface area contributed by atoms with Crippen LogP contribution in [0.5, 0.6) is 23.0 Å². The number of nitriles is 1. The molecule has 2 aliphatic heterocycles. The highest BCUT2D eigenvalue weighted by atomic mass is 16.7. The van der Waals surface area contributed by atoms with Crippen molar-refractivity contribution in [3.05, 3.63) is 59.3 Å². The number of amides is 1. The third-order valence-electron chi connectivity index (χ3n) is 4.24. The first-order valence-electron chi connectivity index (χ1n) is 8.62. The summed E-state index contributed by atoms with van der Waals surface area (Å²) in [5.41, 5.74) is 1.78. The SMILES string of the molecule is N#C/C(=C/NCc1ccc2c(c1)OCO2)C(=O)NCc1ccc2c(c1)OCO2. The van der Waals surface area contributed by atoms with Gasteiger partial charge in [-0.15, -0.1) is 0 Å². The molecule has 0 unspecified atom stereocenters. The summed E-state index contributed by atoms with van der Waals surface area (Å²) in [7, 11) is 0. The van der Waals surface area contributed by atoms with E-state index in [0.29, 0.717) is 29.5 Å². The van der Waals surface area contributed by atoms with Gasteiger partial charge in [0.15, 0.2) is 23.0 Å². The molecule has 8 heteroatoms. The standard InChI is InChI=1S/C20H17N3O5/c21-7-15(10-22-8-13-1-3-16-18(5-13)27-11-25-16)20(24)23-9-14-2-4-17-19(6-14)28-12-26-17/h1-6,10,22H,8-9,11-12H2,(H,23,24)/b15-10-. The van der Waals surface area contributed by atoms with Gasteiger partial charge in [0.25, 0.3) is 5.91 Å². The van der Waals surface area contributed by atoms with Crippen LogP contribution >= 0.6 is 0 Å². The van der Waals surface area contributed by atoms with E-state index in [4.69, 9.17) is 18.9 Å². The summed E-state index contributed by atoms with van der Waals surface area (Å²) < 4.78 is 21.2. The van der Waals surface area contributed by atoms with Gasteiger partial charge in [-0.2, -0.15) is 5.26 Å². The summed E-state index contributed by atoms with van der Waals surface area (Å²) in [4.78, 5) is 12.2. The van der Waals surface area contributed by atoms with Crippen LogP contribution < -0.4 is 29.6 Å². The van der Waals surface area contributed by atoms with Crippen molar-refractivity contribution in [2.45, 2.75) is 13.1 Å². The lowest BCUT2D eigenvalue weighted by Crippen LogP contribution is -2.25. The maximum Gasteiger partial charge on any atom is 0.263 e. The third-order valence-corrected chi connectivity index (χ3v) is 4.24. The van der Waals surface area contributed by atoms with Gasteiger partial charge in [0.1, 0.15) is 11.6 Å². The Labute approximate surface area is 161 Å². The minimum absolute atomic E-state index is 0.0125. The molecule has 0 radical (unpaired) electrons. The maximum atomic E-state index is 12.2. The Bertz CT molecular complexity index is 980. The quantitative estimate of drug-likeness (QED) is 0.584. The second-order valence-electron chi connectivity index (χ2n) is 6.11. The number of nitrogens with zero attached hydrogens (tertiary/aromatic N) is 1. The lowest BCUT2D eigenvalue weighted by Gasteiger charge is -2.07. The summed E-state index contributed by atoms with van der Waals surface area (Å²) in [6.07, 6.45) is 1.40. The minimum Gasteiger partial charge on any atom is -0.454 e. The Morgan fingerprint density at radius 2 is 1.50 bits per heavy atom. The van der Waals surface area contributed by atoms with E-state index in [0.717, 1.165) is 11.1 Å². The van der Waals surface area contributed by atoms with Gasteiger partial charge in [-0.05, 0) is 35.4 Å². The molecule has 0 saturated heterocycles. The van der Waals surface area contributed by atoms with Crippen LogP contribution in [0.2, 0.25) is 0 Å². The topological polar surface area (TPSA) is 102 Å². The fraction of sp³-hybridized carbons (Fsp3) is 0.200. The van der Waals surface area contributed by atoms with Crippen molar-refractivity contribution in [3.63, 3.8) is 0 Å². The minimum atomic E-state index is -0.460. The van der Waals surface area contributed by atoms with E-state index >= 15 is 0 Å². The van der Waals surface area contributed by atoms with Crippen molar-refractivity contribution < 1.29 is 23.7 Å². The first-order chi connectivity index (χ1) is 13.7. The molecule has 2 heterocycles. The molecule has 0 spiro atoms. The molecule has 2 N–H and O–H groups in total. The highest BCUT2D eigenvalue weighted by Crippen LogP contribution is 2.33. The molecule has 0 saturated carbocycles. The predicted molar refractivity (Wildman–Crippen MR) is 97.5 cm³/mol. The zero-order valence-corrected chi connectivity index (χ0v) is 14.9. The van der Waals surface area contributed by atoms with Crippen molar-refractivity contribution in [3.8, 4) is 29.1 Å². The van der Waals surface area contributed by atoms with Gasteiger partial charge in [-0.3, -0.25) is 4.79 Å². The van der Waals surface area contributed by atoms with Gasteiger partial charge in [-0.25, -0.2) is 0 Å². The molecule has 0 aliphatic carbocycles. The number of hydrogen-bond acceptors (Lipinski definition) is 7. The first-order valence-corrected chi connectivity index (χ1v) is 8.62. The van der Waals surface area contributed by atoms with Crippen LogP contribution in [0.1, 0.15) is 11.1 Å². The van der Waals surface area contributed by atoms with Crippen molar-refractivity contribution in [2.24, 2.45) is 0 Å². The lowest BCUT2D eigenvalue weighted by atomic mass is 10.2. The highest BCUT2D eigenvalue weighted by molar-refractivity contribution is 5.97. The van der Waals surface area contributed by atoms with Gasteiger partial charge < -0.3 is 29.6 Å². The summed E-state index contributed by atoms with van der Waals surface area (Å²) in [6, 6.07) is 12.9. The second-order valence-corrected chi connectivity index (χ2v) is 6.11. The Morgan fingerprint density at radius 1 is 0.929 bits per heavy atom. The molecular weight excluding hydrogens is 362 g/mol. The average Bonchev–Trinajstić information content (AvgIpc) is 3.37. The van der Waals surface area contributed by atoms with Crippen LogP contribution in [0.4, 0.5) is 0 Å². The summed E-state index contributed by atoms with van der Waals surface area (Å²) in [5.74, 6) is 2.26. The number of ether oxygens (including phenoxy) is 4. The van der Waals surface area contributed by atoms with E-state index in [2.05, 4.69) is 10.6 Å². The van der Waals surface area contributed by atoms with Crippen LogP contribution in [0.25, 0.3) is 0 Å². The van der Waals surface area contributed by atoms with Gasteiger partial charge in [-0.1, -0.05) is 12.1 Å². The molecule has 1 amide bonds. The van der Waals surface area contributed by atoms with Crippen molar-refractivity contribution in [2.75, 3.05) is 13.6 Å². The average molecular weight is 379 g/mol. The van der Waals surface area contributed by atoms with Gasteiger partial charge in [0.05, 0.1) is 0 Å². The number of rotatable bonds is 6. The number of benzene rings is 2. The number of fused-ring (bicyclic) bond motifs is 2. The number of hydrogen-bond donors (Lipinski definition) is 2. The summed E-state index contributed by atoms with van der Waals surface area (Å²) >= 11 is 0. The van der Waals surface area contributed by atoms with Crippen molar-refractivity contribution in [1.29, 1.82) is 5.26 Å². The van der Waals surface area contributed by atoms with Gasteiger partial charge in [0, 0.05) is 19.3 Å². The van der Waals surface area contributed by atoms with Gasteiger partial charge >= 0.3 is 0 Å². The molecule has 28 heavy (non-hydrogen) atoms. The predicted octanol–water partition coefficient (Wildman–Crippen LogP) is 1.96. The molecule has 0 fully saturated rings. The Hall–Kier alpha value is -3.86. The van der Waals surface area contributed by atoms with Crippen LogP contribution in [-0.2, 0) is 17.9 Å². The molecule has 2 aromatic carbocycles. The highest BCUT2D eigenvalue weighted by Gasteiger charge is 2.15. The van der Waals surface area contributed by atoms with E-state index in [9.17, 15) is 10.1 Å². The van der Waals surface area contributed by atoms with Crippen LogP contribution in [0.15, 0.2) is 48.2 Å². The van der Waals surface area contributed by atoms with Crippen molar-refractivity contribution in [1.82, 2.24) is 10.6 Å². The molecule has 0 atom stereocenters. The number of carbonyl (C=O) groups excluding carboxylic acids is 1. The molecule has 142 valence electrons. The molecule has 2 aliphatic rings. The molecule has 0 bridgehead atoms. The van der Waals surface area contributed by atoms with Crippen LogP contribution in [-0.4, -0.2) is 19.5 Å². The molecule has 8 nitrogen and oxygen atoms in total. The van der Waals surface area contributed by atoms with E-state index < -0.39 is 5.91 Å². The Morgan fingerprint density at radius 3 is 2.11 bits per heavy atom. The van der Waals surface area contributed by atoms with E-state index in [1.807, 2.05) is 30.3 Å². The maximum absolute atomic E-state index is 12.2. The summed E-state index contributed by atoms with van der Waals surface area (Å²) in [6.45, 7) is 1.13. The zero-order valence-electron chi connectivity index (χ0n) is 14.9. The third kappa shape index (κ3) is 3.78. The van der Waals surface area contributed by atoms with Crippen LogP contribution in [0.3, 0.4) is 0 Å².